The summed E-state index contributed by atoms with van der Waals surface area (Å²) in [4.78, 5) is 50.7. The highest BCUT2D eigenvalue weighted by molar-refractivity contribution is 6.33. The first-order valence-corrected chi connectivity index (χ1v) is 10.1. The fraction of sp³-hybridized carbons (Fsp3) is 0.0833. The monoisotopic (exact) mass is 448 g/mol. The Hall–Kier alpha value is -3.97. The molecule has 0 aliphatic carbocycles. The topological polar surface area (TPSA) is 92.8 Å². The molecule has 0 saturated heterocycles. The Morgan fingerprint density at radius 1 is 0.875 bits per heavy atom. The number of imide groups is 1. The zero-order valence-electron chi connectivity index (χ0n) is 16.7. The van der Waals surface area contributed by atoms with Crippen molar-refractivity contribution in [3.63, 3.8) is 0 Å². The van der Waals surface area contributed by atoms with Gasteiger partial charge in [0.2, 0.25) is 0 Å². The minimum absolute atomic E-state index is 0.0143. The number of nitrogens with zero attached hydrogens (tertiary/aromatic N) is 1. The minimum atomic E-state index is -0.705. The number of rotatable bonds is 6. The molecule has 160 valence electrons. The smallest absolute Gasteiger partial charge is 0.338 e. The van der Waals surface area contributed by atoms with E-state index in [0.717, 1.165) is 4.90 Å². The predicted molar refractivity (Wildman–Crippen MR) is 117 cm³/mol. The largest absolute Gasteiger partial charge is 0.452 e. The molecule has 0 fully saturated rings. The van der Waals surface area contributed by atoms with Gasteiger partial charge in [0, 0.05) is 0 Å². The molecule has 4 rings (SSSR count). The fourth-order valence-electron chi connectivity index (χ4n) is 3.33. The lowest BCUT2D eigenvalue weighted by molar-refractivity contribution is -0.119. The van der Waals surface area contributed by atoms with Crippen molar-refractivity contribution in [2.45, 2.75) is 6.54 Å². The third-order valence-corrected chi connectivity index (χ3v) is 5.19. The van der Waals surface area contributed by atoms with Gasteiger partial charge in [0.25, 0.3) is 17.7 Å². The van der Waals surface area contributed by atoms with Gasteiger partial charge in [-0.2, -0.15) is 0 Å². The zero-order chi connectivity index (χ0) is 22.7. The second-order valence-corrected chi connectivity index (χ2v) is 7.45. The van der Waals surface area contributed by atoms with Gasteiger partial charge in [-0.15, -0.1) is 0 Å². The van der Waals surface area contributed by atoms with E-state index in [1.807, 2.05) is 0 Å². The summed E-state index contributed by atoms with van der Waals surface area (Å²) in [5.74, 6) is -2.00. The van der Waals surface area contributed by atoms with E-state index in [-0.39, 0.29) is 23.9 Å². The molecule has 0 spiro atoms. The Bertz CT molecular complexity index is 1210. The molecule has 1 aliphatic rings. The van der Waals surface area contributed by atoms with Crippen molar-refractivity contribution in [1.82, 2.24) is 4.90 Å². The van der Waals surface area contributed by atoms with Crippen molar-refractivity contribution in [2.75, 3.05) is 11.9 Å². The summed E-state index contributed by atoms with van der Waals surface area (Å²) in [6.07, 6.45) is 0. The van der Waals surface area contributed by atoms with Gasteiger partial charge in [0.15, 0.2) is 6.61 Å². The molecule has 1 aliphatic heterocycles. The SMILES string of the molecule is O=C(COC(=O)c1cccc(CN2C(=O)c3ccccc3C2=O)c1)Nc1ccccc1Cl. The van der Waals surface area contributed by atoms with Crippen molar-refractivity contribution in [2.24, 2.45) is 0 Å². The van der Waals surface area contributed by atoms with E-state index < -0.39 is 18.5 Å². The lowest BCUT2D eigenvalue weighted by Gasteiger charge is -2.14. The van der Waals surface area contributed by atoms with Crippen LogP contribution in [-0.2, 0) is 16.1 Å². The van der Waals surface area contributed by atoms with Crippen molar-refractivity contribution >= 4 is 41.0 Å². The van der Waals surface area contributed by atoms with E-state index >= 15 is 0 Å². The summed E-state index contributed by atoms with van der Waals surface area (Å²) in [6.45, 7) is -0.479. The normalized spacial score (nSPS) is 12.5. The van der Waals surface area contributed by atoms with Gasteiger partial charge in [-0.25, -0.2) is 4.79 Å². The molecule has 0 atom stereocenters. The molecule has 3 aromatic rings. The van der Waals surface area contributed by atoms with Crippen LogP contribution in [0, 0.1) is 0 Å². The summed E-state index contributed by atoms with van der Waals surface area (Å²) in [5.41, 5.74) is 1.91. The van der Waals surface area contributed by atoms with Crippen LogP contribution in [0.1, 0.15) is 36.6 Å². The van der Waals surface area contributed by atoms with Gasteiger partial charge in [-0.1, -0.05) is 48.0 Å². The van der Waals surface area contributed by atoms with Crippen molar-refractivity contribution in [3.05, 3.63) is 100 Å². The number of halogens is 1. The quantitative estimate of drug-likeness (QED) is 0.455. The van der Waals surface area contributed by atoms with E-state index in [9.17, 15) is 19.2 Å². The molecule has 3 amide bonds. The number of esters is 1. The number of para-hydroxylation sites is 1. The van der Waals surface area contributed by atoms with Gasteiger partial charge < -0.3 is 10.1 Å². The number of ether oxygens (including phenoxy) is 1. The molecule has 0 radical (unpaired) electrons. The molecule has 0 saturated carbocycles. The van der Waals surface area contributed by atoms with Crippen LogP contribution in [0.15, 0.2) is 72.8 Å². The first-order chi connectivity index (χ1) is 15.4. The Morgan fingerprint density at radius 2 is 1.53 bits per heavy atom. The van der Waals surface area contributed by atoms with E-state index in [0.29, 0.717) is 27.4 Å². The number of benzene rings is 3. The van der Waals surface area contributed by atoms with E-state index in [2.05, 4.69) is 5.32 Å². The predicted octanol–water partition coefficient (Wildman–Crippen LogP) is 3.93. The first-order valence-electron chi connectivity index (χ1n) is 9.69. The maximum Gasteiger partial charge on any atom is 0.338 e. The first kappa shape index (κ1) is 21.3. The Labute approximate surface area is 188 Å². The third-order valence-electron chi connectivity index (χ3n) is 4.86. The highest BCUT2D eigenvalue weighted by Crippen LogP contribution is 2.24. The average molecular weight is 449 g/mol. The second-order valence-electron chi connectivity index (χ2n) is 7.05. The number of amides is 3. The van der Waals surface area contributed by atoms with Crippen LogP contribution in [-0.4, -0.2) is 35.2 Å². The van der Waals surface area contributed by atoms with Crippen LogP contribution in [0.4, 0.5) is 5.69 Å². The van der Waals surface area contributed by atoms with Crippen LogP contribution in [0.3, 0.4) is 0 Å². The van der Waals surface area contributed by atoms with Crippen molar-refractivity contribution in [1.29, 1.82) is 0 Å². The van der Waals surface area contributed by atoms with Crippen LogP contribution < -0.4 is 5.32 Å². The lowest BCUT2D eigenvalue weighted by Crippen LogP contribution is -2.29. The summed E-state index contributed by atoms with van der Waals surface area (Å²) >= 11 is 5.99. The number of nitrogens with one attached hydrogen (secondary N) is 1. The average Bonchev–Trinajstić information content (AvgIpc) is 3.04. The van der Waals surface area contributed by atoms with Gasteiger partial charge in [0.05, 0.1) is 33.9 Å². The summed E-state index contributed by atoms with van der Waals surface area (Å²) in [7, 11) is 0. The number of hydrogen-bond acceptors (Lipinski definition) is 5. The Balaban J connectivity index is 1.38. The molecule has 3 aromatic carbocycles. The molecule has 7 nitrogen and oxygen atoms in total. The van der Waals surface area contributed by atoms with Gasteiger partial charge >= 0.3 is 5.97 Å². The molecule has 32 heavy (non-hydrogen) atoms. The zero-order valence-corrected chi connectivity index (χ0v) is 17.5. The number of anilines is 1. The van der Waals surface area contributed by atoms with Crippen molar-refractivity contribution in [3.8, 4) is 0 Å². The molecule has 0 unspecified atom stereocenters. The van der Waals surface area contributed by atoms with Gasteiger partial charge in [-0.05, 0) is 42.0 Å². The summed E-state index contributed by atoms with van der Waals surface area (Å²) in [6, 6.07) is 19.7. The number of carbonyl (C=O) groups is 4. The Kier molecular flexibility index (Phi) is 6.00. The molecule has 8 heteroatoms. The highest BCUT2D eigenvalue weighted by Gasteiger charge is 2.35. The van der Waals surface area contributed by atoms with Crippen LogP contribution in [0.25, 0.3) is 0 Å². The maximum absolute atomic E-state index is 12.5. The maximum atomic E-state index is 12.5. The molecule has 0 aromatic heterocycles. The van der Waals surface area contributed by atoms with E-state index in [1.165, 1.54) is 12.1 Å². The fourth-order valence-corrected chi connectivity index (χ4v) is 3.51. The van der Waals surface area contributed by atoms with Crippen LogP contribution in [0.5, 0.6) is 0 Å². The van der Waals surface area contributed by atoms with E-state index in [1.54, 1.807) is 60.7 Å². The lowest BCUT2D eigenvalue weighted by atomic mass is 10.1. The minimum Gasteiger partial charge on any atom is -0.452 e. The molecular weight excluding hydrogens is 432 g/mol. The van der Waals surface area contributed by atoms with E-state index in [4.69, 9.17) is 16.3 Å². The highest BCUT2D eigenvalue weighted by atomic mass is 35.5. The van der Waals surface area contributed by atoms with Crippen LogP contribution >= 0.6 is 11.6 Å². The second kappa shape index (κ2) is 9.03. The van der Waals surface area contributed by atoms with Gasteiger partial charge in [-0.3, -0.25) is 19.3 Å². The molecular formula is C24H17ClN2O5. The van der Waals surface area contributed by atoms with Crippen molar-refractivity contribution < 1.29 is 23.9 Å². The standard InChI is InChI=1S/C24H17ClN2O5/c25-19-10-3-4-11-20(19)26-21(28)14-32-24(31)16-7-5-6-15(12-16)13-27-22(29)17-8-1-2-9-18(17)23(27)30/h1-12H,13-14H2,(H,26,28). The Morgan fingerprint density at radius 3 is 2.22 bits per heavy atom. The summed E-state index contributed by atoms with van der Waals surface area (Å²) in [5, 5.41) is 2.93. The number of fused-ring (bicyclic) bond motifs is 1. The van der Waals surface area contributed by atoms with Gasteiger partial charge in [0.1, 0.15) is 0 Å². The molecule has 1 N–H and O–H groups in total. The molecule has 1 heterocycles. The molecule has 0 bridgehead atoms. The number of hydrogen-bond donors (Lipinski definition) is 1. The number of carbonyl (C=O) groups excluding carboxylic acids is 4. The van der Waals surface area contributed by atoms with Crippen LogP contribution in [0.2, 0.25) is 5.02 Å². The summed E-state index contributed by atoms with van der Waals surface area (Å²) < 4.78 is 5.08. The third kappa shape index (κ3) is 4.38.